The van der Waals surface area contributed by atoms with Crippen LogP contribution in [0.25, 0.3) is 0 Å². The largest absolute Gasteiger partial charge is 1.00 e. The summed E-state index contributed by atoms with van der Waals surface area (Å²) in [7, 11) is 1.49. The maximum atomic E-state index is 11.2. The molecule has 12 heavy (non-hydrogen) atoms. The molecule has 0 saturated carbocycles. The SMILES string of the molecule is COc1cc(C)cc(Br)c1[O-].[Na+]. The molecule has 0 aliphatic carbocycles. The van der Waals surface area contributed by atoms with Crippen molar-refractivity contribution in [2.75, 3.05) is 7.11 Å². The molecule has 2 nitrogen and oxygen atoms in total. The smallest absolute Gasteiger partial charge is 0.869 e. The van der Waals surface area contributed by atoms with Crippen LogP contribution in [0.2, 0.25) is 0 Å². The van der Waals surface area contributed by atoms with Crippen molar-refractivity contribution in [3.05, 3.63) is 22.2 Å². The summed E-state index contributed by atoms with van der Waals surface area (Å²) in [5, 5.41) is 11.2. The Balaban J connectivity index is 0.00000121. The molecule has 0 aliphatic rings. The van der Waals surface area contributed by atoms with Crippen molar-refractivity contribution in [1.82, 2.24) is 0 Å². The topological polar surface area (TPSA) is 32.3 Å². The third kappa shape index (κ3) is 2.66. The van der Waals surface area contributed by atoms with E-state index < -0.39 is 0 Å². The van der Waals surface area contributed by atoms with Crippen molar-refractivity contribution < 1.29 is 39.4 Å². The van der Waals surface area contributed by atoms with E-state index >= 15 is 0 Å². The van der Waals surface area contributed by atoms with Crippen molar-refractivity contribution in [2.45, 2.75) is 6.92 Å². The Hall–Kier alpha value is 0.300. The average molecular weight is 239 g/mol. The summed E-state index contributed by atoms with van der Waals surface area (Å²) in [4.78, 5) is 0. The molecule has 0 fully saturated rings. The van der Waals surface area contributed by atoms with Gasteiger partial charge in [-0.3, -0.25) is 0 Å². The maximum absolute atomic E-state index is 11.2. The first-order valence-electron chi connectivity index (χ1n) is 3.16. The summed E-state index contributed by atoms with van der Waals surface area (Å²) in [5.41, 5.74) is 1.01. The Kier molecular flexibility index (Phi) is 5.25. The van der Waals surface area contributed by atoms with Gasteiger partial charge >= 0.3 is 29.6 Å². The number of halogens is 1. The molecule has 1 aromatic rings. The average Bonchev–Trinajstić information content (AvgIpc) is 1.96. The summed E-state index contributed by atoms with van der Waals surface area (Å²) < 4.78 is 5.41. The molecule has 0 heterocycles. The molecule has 0 aliphatic heterocycles. The molecule has 0 atom stereocenters. The van der Waals surface area contributed by atoms with Gasteiger partial charge in [0.05, 0.1) is 7.11 Å². The number of ether oxygens (including phenoxy) is 1. The molecule has 0 radical (unpaired) electrons. The normalized spacial score (nSPS) is 8.92. The van der Waals surface area contributed by atoms with Crippen LogP contribution >= 0.6 is 15.9 Å². The summed E-state index contributed by atoms with van der Waals surface area (Å²) in [6.45, 7) is 1.91. The summed E-state index contributed by atoms with van der Waals surface area (Å²) in [6.07, 6.45) is 0. The zero-order valence-electron chi connectivity index (χ0n) is 7.35. The molecule has 0 saturated heterocycles. The van der Waals surface area contributed by atoms with E-state index in [1.165, 1.54) is 7.11 Å². The first kappa shape index (κ1) is 12.3. The van der Waals surface area contributed by atoms with Crippen LogP contribution in [0.4, 0.5) is 0 Å². The molecule has 1 aromatic carbocycles. The van der Waals surface area contributed by atoms with E-state index in [1.807, 2.05) is 6.92 Å². The van der Waals surface area contributed by atoms with Crippen LogP contribution in [-0.4, -0.2) is 7.11 Å². The van der Waals surface area contributed by atoms with Crippen LogP contribution in [0.5, 0.6) is 11.5 Å². The van der Waals surface area contributed by atoms with Gasteiger partial charge in [-0.2, -0.15) is 0 Å². The molecule has 4 heteroatoms. The minimum Gasteiger partial charge on any atom is -0.869 e. The third-order valence-electron chi connectivity index (χ3n) is 1.37. The second kappa shape index (κ2) is 5.12. The Morgan fingerprint density at radius 2 is 2.00 bits per heavy atom. The minimum absolute atomic E-state index is 0. The van der Waals surface area contributed by atoms with E-state index in [4.69, 9.17) is 4.74 Å². The number of hydrogen-bond acceptors (Lipinski definition) is 2. The van der Waals surface area contributed by atoms with E-state index in [0.29, 0.717) is 10.2 Å². The van der Waals surface area contributed by atoms with Gasteiger partial charge in [0.2, 0.25) is 0 Å². The van der Waals surface area contributed by atoms with Crippen LogP contribution in [0.3, 0.4) is 0 Å². The van der Waals surface area contributed by atoms with Gasteiger partial charge in [0.25, 0.3) is 0 Å². The molecular formula is C8H8BrNaO2. The van der Waals surface area contributed by atoms with Gasteiger partial charge in [0.15, 0.2) is 0 Å². The van der Waals surface area contributed by atoms with Crippen LogP contribution in [0.15, 0.2) is 16.6 Å². The summed E-state index contributed by atoms with van der Waals surface area (Å²) in [5.74, 6) is 0.287. The zero-order chi connectivity index (χ0) is 8.43. The molecule has 60 valence electrons. The number of hydrogen-bond donors (Lipinski definition) is 0. The fourth-order valence-corrected chi connectivity index (χ4v) is 1.41. The number of methoxy groups -OCH3 is 1. The molecule has 0 aromatic heterocycles. The van der Waals surface area contributed by atoms with E-state index in [0.717, 1.165) is 5.56 Å². The van der Waals surface area contributed by atoms with Gasteiger partial charge in [0.1, 0.15) is 5.75 Å². The van der Waals surface area contributed by atoms with Gasteiger partial charge < -0.3 is 9.84 Å². The second-order valence-corrected chi connectivity index (χ2v) is 3.13. The van der Waals surface area contributed by atoms with E-state index in [-0.39, 0.29) is 35.3 Å². The van der Waals surface area contributed by atoms with E-state index in [9.17, 15) is 5.11 Å². The van der Waals surface area contributed by atoms with Gasteiger partial charge in [-0.05, 0) is 24.6 Å². The molecule has 0 bridgehead atoms. The van der Waals surface area contributed by atoms with Gasteiger partial charge in [-0.15, -0.1) is 0 Å². The Bertz CT molecular complexity index is 276. The molecular weight excluding hydrogens is 231 g/mol. The van der Waals surface area contributed by atoms with Crippen LogP contribution < -0.4 is 39.4 Å². The van der Waals surface area contributed by atoms with Crippen molar-refractivity contribution in [3.63, 3.8) is 0 Å². The quantitative estimate of drug-likeness (QED) is 0.579. The van der Waals surface area contributed by atoms with E-state index in [1.54, 1.807) is 12.1 Å². The Morgan fingerprint density at radius 3 is 2.50 bits per heavy atom. The fraction of sp³-hybridized carbons (Fsp3) is 0.250. The van der Waals surface area contributed by atoms with Crippen LogP contribution in [-0.2, 0) is 0 Å². The van der Waals surface area contributed by atoms with Crippen molar-refractivity contribution in [3.8, 4) is 11.5 Å². The van der Waals surface area contributed by atoms with Gasteiger partial charge in [0, 0.05) is 4.47 Å². The standard InChI is InChI=1S/C8H9BrO2.Na/c1-5-3-6(9)8(10)7(4-5)11-2;/h3-4,10H,1-2H3;/q;+1/p-1. The van der Waals surface area contributed by atoms with Crippen LogP contribution in [0.1, 0.15) is 5.56 Å². The van der Waals surface area contributed by atoms with Crippen molar-refractivity contribution in [1.29, 1.82) is 0 Å². The van der Waals surface area contributed by atoms with Gasteiger partial charge in [-0.25, -0.2) is 0 Å². The Labute approximate surface area is 102 Å². The molecule has 0 N–H and O–H groups in total. The van der Waals surface area contributed by atoms with E-state index in [2.05, 4.69) is 15.9 Å². The first-order valence-corrected chi connectivity index (χ1v) is 3.95. The first-order chi connectivity index (χ1) is 5.15. The second-order valence-electron chi connectivity index (χ2n) is 2.28. The fourth-order valence-electron chi connectivity index (χ4n) is 0.849. The molecule has 0 unspecified atom stereocenters. The van der Waals surface area contributed by atoms with Crippen molar-refractivity contribution in [2.24, 2.45) is 0 Å². The summed E-state index contributed by atoms with van der Waals surface area (Å²) >= 11 is 3.15. The number of aryl methyl sites for hydroxylation is 1. The predicted octanol–water partition coefficient (Wildman–Crippen LogP) is -1.16. The molecule has 0 spiro atoms. The number of rotatable bonds is 1. The van der Waals surface area contributed by atoms with Gasteiger partial charge in [-0.1, -0.05) is 21.7 Å². The Morgan fingerprint density at radius 1 is 1.42 bits per heavy atom. The van der Waals surface area contributed by atoms with Crippen molar-refractivity contribution >= 4 is 15.9 Å². The number of benzene rings is 1. The predicted molar refractivity (Wildman–Crippen MR) is 44.9 cm³/mol. The molecule has 0 amide bonds. The molecule has 1 rings (SSSR count). The maximum Gasteiger partial charge on any atom is 1.00 e. The minimum atomic E-state index is -0.0990. The monoisotopic (exact) mass is 238 g/mol. The van der Waals surface area contributed by atoms with Crippen LogP contribution in [0, 0.1) is 6.92 Å². The summed E-state index contributed by atoms with van der Waals surface area (Å²) in [6, 6.07) is 3.48. The zero-order valence-corrected chi connectivity index (χ0v) is 10.9. The third-order valence-corrected chi connectivity index (χ3v) is 1.96.